The summed E-state index contributed by atoms with van der Waals surface area (Å²) >= 11 is 0. The second-order valence-electron chi connectivity index (χ2n) is 7.49. The van der Waals surface area contributed by atoms with Crippen LogP contribution in [0.2, 0.25) is 0 Å². The molecule has 0 amide bonds. The van der Waals surface area contributed by atoms with Crippen LogP contribution >= 0.6 is 0 Å². The van der Waals surface area contributed by atoms with Gasteiger partial charge >= 0.3 is 0 Å². The van der Waals surface area contributed by atoms with Crippen molar-refractivity contribution in [1.29, 1.82) is 0 Å². The number of Topliss-reactive ketones (excluding diaryl/α,β-unsaturated/α-hetero) is 2. The highest BCUT2D eigenvalue weighted by molar-refractivity contribution is 5.78. The maximum Gasteiger partial charge on any atom is 0.133 e. The topological polar surface area (TPSA) is 61.8 Å². The van der Waals surface area contributed by atoms with Crippen LogP contribution in [0, 0.1) is 11.8 Å². The van der Waals surface area contributed by atoms with E-state index in [1.54, 1.807) is 0 Å². The highest BCUT2D eigenvalue weighted by Gasteiger charge is 2.04. The molecule has 162 valence electrons. The second kappa shape index (κ2) is 21.5. The van der Waals surface area contributed by atoms with Gasteiger partial charge in [-0.3, -0.25) is 9.59 Å². The Morgan fingerprint density at radius 3 is 1.41 bits per heavy atom. The van der Waals surface area contributed by atoms with Gasteiger partial charge in [-0.2, -0.15) is 0 Å². The van der Waals surface area contributed by atoms with Crippen LogP contribution in [0.3, 0.4) is 0 Å². The van der Waals surface area contributed by atoms with Crippen molar-refractivity contribution in [2.24, 2.45) is 11.8 Å². The molecule has 0 heterocycles. The molecule has 0 unspecified atom stereocenters. The van der Waals surface area contributed by atoms with E-state index in [4.69, 9.17) is 14.2 Å². The molecule has 0 rings (SSSR count). The third kappa shape index (κ3) is 27.5. The average molecular weight is 389 g/mol. The van der Waals surface area contributed by atoms with E-state index in [1.807, 2.05) is 13.8 Å². The molecule has 0 bridgehead atoms. The van der Waals surface area contributed by atoms with Crippen LogP contribution in [0.1, 0.15) is 80.1 Å². The molecule has 0 aromatic rings. The predicted octanol–water partition coefficient (Wildman–Crippen LogP) is 4.85. The Balaban J connectivity index is 0. The molecule has 0 fully saturated rings. The van der Waals surface area contributed by atoms with Gasteiger partial charge in [0.05, 0.1) is 13.2 Å². The molecule has 0 saturated heterocycles. The molecule has 0 N–H and O–H groups in total. The molecular formula is C22H44O5. The number of carbonyl (C=O) groups is 2. The summed E-state index contributed by atoms with van der Waals surface area (Å²) in [6.45, 7) is 16.4. The lowest BCUT2D eigenvalue weighted by atomic mass is 10.0. The van der Waals surface area contributed by atoms with E-state index in [1.165, 1.54) is 0 Å². The fraction of sp³-hybridized carbons (Fsp3) is 0.909. The number of rotatable bonds is 17. The summed E-state index contributed by atoms with van der Waals surface area (Å²) in [7, 11) is 0. The number of carbonyl (C=O) groups excluding carboxylic acids is 2. The van der Waals surface area contributed by atoms with Crippen LogP contribution < -0.4 is 0 Å². The van der Waals surface area contributed by atoms with Crippen LogP contribution in [0.15, 0.2) is 0 Å². The molecule has 0 aromatic carbocycles. The van der Waals surface area contributed by atoms with E-state index >= 15 is 0 Å². The van der Waals surface area contributed by atoms with Gasteiger partial charge in [0.25, 0.3) is 0 Å². The molecule has 0 radical (unpaired) electrons. The Kier molecular flexibility index (Phi) is 22.7. The van der Waals surface area contributed by atoms with Gasteiger partial charge in [-0.1, -0.05) is 27.7 Å². The highest BCUT2D eigenvalue weighted by Crippen LogP contribution is 2.05. The zero-order valence-corrected chi connectivity index (χ0v) is 18.7. The van der Waals surface area contributed by atoms with E-state index in [0.29, 0.717) is 68.9 Å². The fourth-order valence-electron chi connectivity index (χ4n) is 2.37. The number of ether oxygens (including phenoxy) is 3. The molecule has 0 spiro atoms. The van der Waals surface area contributed by atoms with E-state index in [2.05, 4.69) is 27.7 Å². The minimum Gasteiger partial charge on any atom is -0.382 e. The van der Waals surface area contributed by atoms with Crippen molar-refractivity contribution in [2.45, 2.75) is 80.1 Å². The summed E-state index contributed by atoms with van der Waals surface area (Å²) in [4.78, 5) is 22.5. The zero-order chi connectivity index (χ0) is 20.9. The first-order valence-corrected chi connectivity index (χ1v) is 10.6. The first-order chi connectivity index (χ1) is 12.8. The van der Waals surface area contributed by atoms with Crippen LogP contribution in [0.5, 0.6) is 0 Å². The molecular weight excluding hydrogens is 344 g/mol. The van der Waals surface area contributed by atoms with Gasteiger partial charge in [0, 0.05) is 52.1 Å². The standard InChI is InChI=1S/C12H24O3.C10H20O2/c1-4-14-8-9-15-7-5-6-12(13)10-11(2)3;1-4-12-7-5-6-10(11)8-9(2)3/h11H,4-10H2,1-3H3;9H,4-8H2,1-3H3. The van der Waals surface area contributed by atoms with Gasteiger partial charge in [0.15, 0.2) is 0 Å². The maximum atomic E-state index is 11.3. The summed E-state index contributed by atoms with van der Waals surface area (Å²) in [5.74, 6) is 1.67. The lowest BCUT2D eigenvalue weighted by Gasteiger charge is -2.05. The summed E-state index contributed by atoms with van der Waals surface area (Å²) in [5.41, 5.74) is 0. The van der Waals surface area contributed by atoms with Gasteiger partial charge in [0.2, 0.25) is 0 Å². The number of hydrogen-bond donors (Lipinski definition) is 0. The predicted molar refractivity (Wildman–Crippen MR) is 111 cm³/mol. The number of ketones is 2. The quantitative estimate of drug-likeness (QED) is 0.333. The van der Waals surface area contributed by atoms with Crippen LogP contribution in [-0.2, 0) is 23.8 Å². The third-order valence-electron chi connectivity index (χ3n) is 3.54. The SMILES string of the molecule is CCOCCCC(=O)CC(C)C.CCOCCOCCCC(=O)CC(C)C. The largest absolute Gasteiger partial charge is 0.382 e. The lowest BCUT2D eigenvalue weighted by molar-refractivity contribution is -0.120. The zero-order valence-electron chi connectivity index (χ0n) is 18.7. The van der Waals surface area contributed by atoms with E-state index in [-0.39, 0.29) is 0 Å². The maximum absolute atomic E-state index is 11.3. The lowest BCUT2D eigenvalue weighted by Crippen LogP contribution is -2.07. The van der Waals surface area contributed by atoms with Crippen LogP contribution in [0.4, 0.5) is 0 Å². The molecule has 0 aliphatic rings. The molecule has 0 atom stereocenters. The molecule has 27 heavy (non-hydrogen) atoms. The molecule has 0 aromatic heterocycles. The number of hydrogen-bond acceptors (Lipinski definition) is 5. The van der Waals surface area contributed by atoms with E-state index < -0.39 is 0 Å². The highest BCUT2D eigenvalue weighted by atomic mass is 16.5. The van der Waals surface area contributed by atoms with Gasteiger partial charge in [-0.05, 0) is 38.5 Å². The summed E-state index contributed by atoms with van der Waals surface area (Å²) in [5, 5.41) is 0. The first kappa shape index (κ1) is 28.4. The van der Waals surface area contributed by atoms with Crippen molar-refractivity contribution in [2.75, 3.05) is 39.6 Å². The smallest absolute Gasteiger partial charge is 0.133 e. The van der Waals surface area contributed by atoms with Crippen molar-refractivity contribution < 1.29 is 23.8 Å². The van der Waals surface area contributed by atoms with E-state index in [0.717, 1.165) is 32.7 Å². The Hall–Kier alpha value is -0.780. The Morgan fingerprint density at radius 1 is 0.630 bits per heavy atom. The fourth-order valence-corrected chi connectivity index (χ4v) is 2.37. The monoisotopic (exact) mass is 388 g/mol. The average Bonchev–Trinajstić information content (AvgIpc) is 2.57. The van der Waals surface area contributed by atoms with Gasteiger partial charge in [-0.15, -0.1) is 0 Å². The Labute approximate surface area is 167 Å². The van der Waals surface area contributed by atoms with Crippen molar-refractivity contribution >= 4 is 11.6 Å². The van der Waals surface area contributed by atoms with Crippen molar-refractivity contribution in [3.63, 3.8) is 0 Å². The minimum absolute atomic E-state index is 0.346. The Morgan fingerprint density at radius 2 is 1.00 bits per heavy atom. The second-order valence-corrected chi connectivity index (χ2v) is 7.49. The Bertz CT molecular complexity index is 340. The molecule has 5 nitrogen and oxygen atoms in total. The van der Waals surface area contributed by atoms with Gasteiger partial charge in [0.1, 0.15) is 11.6 Å². The third-order valence-corrected chi connectivity index (χ3v) is 3.54. The summed E-state index contributed by atoms with van der Waals surface area (Å²) in [6.07, 6.45) is 4.44. The van der Waals surface area contributed by atoms with E-state index in [9.17, 15) is 9.59 Å². The van der Waals surface area contributed by atoms with Crippen molar-refractivity contribution in [3.8, 4) is 0 Å². The molecule has 5 heteroatoms. The summed E-state index contributed by atoms with van der Waals surface area (Å²) in [6, 6.07) is 0. The van der Waals surface area contributed by atoms with Crippen molar-refractivity contribution in [3.05, 3.63) is 0 Å². The minimum atomic E-state index is 0.346. The summed E-state index contributed by atoms with van der Waals surface area (Å²) < 4.78 is 15.6. The molecule has 0 saturated carbocycles. The van der Waals surface area contributed by atoms with Gasteiger partial charge < -0.3 is 14.2 Å². The van der Waals surface area contributed by atoms with Crippen LogP contribution in [-0.4, -0.2) is 51.2 Å². The van der Waals surface area contributed by atoms with Crippen LogP contribution in [0.25, 0.3) is 0 Å². The van der Waals surface area contributed by atoms with Crippen molar-refractivity contribution in [1.82, 2.24) is 0 Å². The molecule has 0 aliphatic carbocycles. The molecule has 0 aliphatic heterocycles. The van der Waals surface area contributed by atoms with Gasteiger partial charge in [-0.25, -0.2) is 0 Å². The first-order valence-electron chi connectivity index (χ1n) is 10.6. The normalized spacial score (nSPS) is 10.8.